The number of nitrogens with two attached hydrogens (primary N) is 2. The molecular weight excluding hydrogens is 450 g/mol. The summed E-state index contributed by atoms with van der Waals surface area (Å²) < 4.78 is 0. The van der Waals surface area contributed by atoms with Crippen LogP contribution in [0.2, 0.25) is 0 Å². The van der Waals surface area contributed by atoms with E-state index in [1.165, 1.54) is 5.56 Å². The molecule has 7 heteroatoms. The highest BCUT2D eigenvalue weighted by atomic mass is 16.2. The number of fused-ring (bicyclic) bond motifs is 1. The number of aliphatic imine (C=N–C) groups is 1. The van der Waals surface area contributed by atoms with Gasteiger partial charge in [-0.1, -0.05) is 84.9 Å². The van der Waals surface area contributed by atoms with Crippen molar-refractivity contribution >= 4 is 17.8 Å². The fraction of sp³-hybridized carbons (Fsp3) is 0.276. The van der Waals surface area contributed by atoms with Gasteiger partial charge in [0, 0.05) is 6.54 Å². The summed E-state index contributed by atoms with van der Waals surface area (Å²) in [5.41, 5.74) is 15.0. The van der Waals surface area contributed by atoms with Crippen molar-refractivity contribution in [3.05, 3.63) is 107 Å². The minimum Gasteiger partial charge on any atom is -0.370 e. The molecule has 0 spiro atoms. The van der Waals surface area contributed by atoms with Crippen LogP contribution in [0.25, 0.3) is 0 Å². The van der Waals surface area contributed by atoms with E-state index in [9.17, 15) is 9.59 Å². The first kappa shape index (κ1) is 25.0. The van der Waals surface area contributed by atoms with Gasteiger partial charge in [0.25, 0.3) is 0 Å². The second-order valence-corrected chi connectivity index (χ2v) is 9.06. The first-order chi connectivity index (χ1) is 17.5. The molecule has 0 saturated heterocycles. The monoisotopic (exact) mass is 483 g/mol. The van der Waals surface area contributed by atoms with E-state index in [2.05, 4.69) is 27.8 Å². The third kappa shape index (κ3) is 6.30. The lowest BCUT2D eigenvalue weighted by Gasteiger charge is -2.25. The van der Waals surface area contributed by atoms with Gasteiger partial charge in [-0.05, 0) is 47.9 Å². The summed E-state index contributed by atoms with van der Waals surface area (Å²) in [5.74, 6) is -0.945. The number of benzene rings is 3. The van der Waals surface area contributed by atoms with E-state index in [0.717, 1.165) is 29.5 Å². The molecule has 4 rings (SSSR count). The third-order valence-corrected chi connectivity index (χ3v) is 6.56. The van der Waals surface area contributed by atoms with Gasteiger partial charge in [0.15, 0.2) is 5.96 Å². The maximum atomic E-state index is 13.7. The Morgan fingerprint density at radius 3 is 2.11 bits per heavy atom. The van der Waals surface area contributed by atoms with E-state index < -0.39 is 12.0 Å². The molecule has 0 unspecified atom stereocenters. The second kappa shape index (κ2) is 12.0. The molecule has 0 fully saturated rings. The van der Waals surface area contributed by atoms with Crippen molar-refractivity contribution in [3.63, 3.8) is 0 Å². The Hall–Kier alpha value is -4.13. The Labute approximate surface area is 212 Å². The van der Waals surface area contributed by atoms with Crippen LogP contribution in [0.15, 0.2) is 89.9 Å². The Balaban J connectivity index is 1.53. The quantitative estimate of drug-likeness (QED) is 0.201. The number of hydrogen-bond acceptors (Lipinski definition) is 3. The maximum absolute atomic E-state index is 13.7. The van der Waals surface area contributed by atoms with Gasteiger partial charge in [-0.15, -0.1) is 0 Å². The second-order valence-electron chi connectivity index (χ2n) is 9.06. The molecule has 3 aromatic rings. The number of nitrogens with zero attached hydrogens (tertiary/aromatic N) is 1. The van der Waals surface area contributed by atoms with Gasteiger partial charge in [0.2, 0.25) is 11.8 Å². The number of rotatable bonds is 10. The minimum atomic E-state index is -0.714. The summed E-state index contributed by atoms with van der Waals surface area (Å²) in [7, 11) is 0. The first-order valence-electron chi connectivity index (χ1n) is 12.4. The van der Waals surface area contributed by atoms with Crippen LogP contribution in [0.4, 0.5) is 0 Å². The SMILES string of the molecule is NC(N)=NCCC[C@@H](NC(=O)C(c1ccccc1)c1ccccc1)C(=O)N[C@@H]1CCc2ccccc21. The van der Waals surface area contributed by atoms with Gasteiger partial charge in [-0.3, -0.25) is 14.6 Å². The molecule has 0 saturated carbocycles. The molecule has 3 aromatic carbocycles. The molecule has 0 heterocycles. The lowest BCUT2D eigenvalue weighted by atomic mass is 9.90. The Bertz CT molecular complexity index is 1150. The highest BCUT2D eigenvalue weighted by Crippen LogP contribution is 2.31. The predicted molar refractivity (Wildman–Crippen MR) is 142 cm³/mol. The van der Waals surface area contributed by atoms with Gasteiger partial charge in [0.1, 0.15) is 6.04 Å². The Morgan fingerprint density at radius 2 is 1.47 bits per heavy atom. The molecule has 0 aromatic heterocycles. The highest BCUT2D eigenvalue weighted by Gasteiger charge is 2.30. The van der Waals surface area contributed by atoms with Crippen molar-refractivity contribution < 1.29 is 9.59 Å². The summed E-state index contributed by atoms with van der Waals surface area (Å²) in [5, 5.41) is 6.21. The number of hydrogen-bond donors (Lipinski definition) is 4. The van der Waals surface area contributed by atoms with Crippen molar-refractivity contribution in [3.8, 4) is 0 Å². The molecule has 2 amide bonds. The molecule has 1 aliphatic rings. The van der Waals surface area contributed by atoms with Gasteiger partial charge in [0.05, 0.1) is 12.0 Å². The molecule has 186 valence electrons. The van der Waals surface area contributed by atoms with Crippen LogP contribution >= 0.6 is 0 Å². The number of carbonyl (C=O) groups excluding carboxylic acids is 2. The fourth-order valence-electron chi connectivity index (χ4n) is 4.79. The molecule has 0 aliphatic heterocycles. The largest absolute Gasteiger partial charge is 0.370 e. The van der Waals surface area contributed by atoms with Crippen LogP contribution in [0.3, 0.4) is 0 Å². The molecule has 0 bridgehead atoms. The van der Waals surface area contributed by atoms with Crippen molar-refractivity contribution in [2.45, 2.75) is 43.7 Å². The zero-order valence-corrected chi connectivity index (χ0v) is 20.3. The topological polar surface area (TPSA) is 123 Å². The standard InChI is InChI=1S/C29H33N5O2/c30-29(31)32-19-9-16-25(27(35)33-24-18-17-20-10-7-8-15-23(20)24)34-28(36)26(21-11-3-1-4-12-21)22-13-5-2-6-14-22/h1-8,10-15,24-26H,9,16-19H2,(H,33,35)(H,34,36)(H4,30,31,32)/t24-,25-/m1/s1. The van der Waals surface area contributed by atoms with Gasteiger partial charge < -0.3 is 22.1 Å². The number of guanidine groups is 1. The summed E-state index contributed by atoms with van der Waals surface area (Å²) >= 11 is 0. The van der Waals surface area contributed by atoms with Crippen LogP contribution in [-0.2, 0) is 16.0 Å². The molecule has 7 nitrogen and oxygen atoms in total. The molecular formula is C29H33N5O2. The lowest BCUT2D eigenvalue weighted by molar-refractivity contribution is -0.130. The third-order valence-electron chi connectivity index (χ3n) is 6.56. The normalized spacial score (nSPS) is 15.1. The highest BCUT2D eigenvalue weighted by molar-refractivity contribution is 5.92. The van der Waals surface area contributed by atoms with Crippen LogP contribution in [0.1, 0.15) is 53.5 Å². The van der Waals surface area contributed by atoms with Crippen LogP contribution < -0.4 is 22.1 Å². The average Bonchev–Trinajstić information content (AvgIpc) is 3.30. The van der Waals surface area contributed by atoms with Crippen LogP contribution in [0, 0.1) is 0 Å². The number of amides is 2. The van der Waals surface area contributed by atoms with Crippen molar-refractivity contribution in [2.75, 3.05) is 6.54 Å². The van der Waals surface area contributed by atoms with E-state index in [-0.39, 0.29) is 23.8 Å². The molecule has 1 aliphatic carbocycles. The summed E-state index contributed by atoms with van der Waals surface area (Å²) in [6.07, 6.45) is 2.74. The minimum absolute atomic E-state index is 0.0100. The van der Waals surface area contributed by atoms with E-state index in [0.29, 0.717) is 19.4 Å². The molecule has 2 atom stereocenters. The van der Waals surface area contributed by atoms with E-state index in [1.54, 1.807) is 0 Å². The summed E-state index contributed by atoms with van der Waals surface area (Å²) in [6, 6.07) is 26.6. The summed E-state index contributed by atoms with van der Waals surface area (Å²) in [4.78, 5) is 31.2. The van der Waals surface area contributed by atoms with Crippen molar-refractivity contribution in [1.82, 2.24) is 10.6 Å². The van der Waals surface area contributed by atoms with Crippen molar-refractivity contribution in [2.24, 2.45) is 16.5 Å². The zero-order chi connectivity index (χ0) is 25.3. The van der Waals surface area contributed by atoms with Crippen molar-refractivity contribution in [1.29, 1.82) is 0 Å². The van der Waals surface area contributed by atoms with E-state index in [1.807, 2.05) is 72.8 Å². The Morgan fingerprint density at radius 1 is 0.861 bits per heavy atom. The van der Waals surface area contributed by atoms with Gasteiger partial charge in [-0.2, -0.15) is 0 Å². The van der Waals surface area contributed by atoms with Crippen LogP contribution in [-0.4, -0.2) is 30.4 Å². The number of aryl methyl sites for hydroxylation is 1. The zero-order valence-electron chi connectivity index (χ0n) is 20.3. The fourth-order valence-corrected chi connectivity index (χ4v) is 4.79. The predicted octanol–water partition coefficient (Wildman–Crippen LogP) is 3.16. The van der Waals surface area contributed by atoms with Gasteiger partial charge >= 0.3 is 0 Å². The summed E-state index contributed by atoms with van der Waals surface area (Å²) in [6.45, 7) is 0.384. The number of carbonyl (C=O) groups is 2. The molecule has 36 heavy (non-hydrogen) atoms. The molecule has 0 radical (unpaired) electrons. The smallest absolute Gasteiger partial charge is 0.243 e. The van der Waals surface area contributed by atoms with E-state index in [4.69, 9.17) is 11.5 Å². The lowest BCUT2D eigenvalue weighted by Crippen LogP contribution is -2.49. The first-order valence-corrected chi connectivity index (χ1v) is 12.4. The molecule has 6 N–H and O–H groups in total. The maximum Gasteiger partial charge on any atom is 0.243 e. The van der Waals surface area contributed by atoms with E-state index >= 15 is 0 Å². The average molecular weight is 484 g/mol. The van der Waals surface area contributed by atoms with Crippen LogP contribution in [0.5, 0.6) is 0 Å². The number of nitrogens with one attached hydrogen (secondary N) is 2. The Kier molecular flexibility index (Phi) is 8.34. The van der Waals surface area contributed by atoms with Gasteiger partial charge in [-0.25, -0.2) is 0 Å².